The van der Waals surface area contributed by atoms with Crippen molar-refractivity contribution in [2.75, 3.05) is 13.3 Å². The van der Waals surface area contributed by atoms with Crippen LogP contribution < -0.4 is 5.32 Å². The molecule has 10 rings (SSSR count). The van der Waals surface area contributed by atoms with Gasteiger partial charge in [-0.05, 0) is 130 Å². The van der Waals surface area contributed by atoms with E-state index < -0.39 is 69.0 Å². The van der Waals surface area contributed by atoms with E-state index in [0.717, 1.165) is 49.5 Å². The Morgan fingerprint density at radius 2 is 1.75 bits per heavy atom. The highest BCUT2D eigenvalue weighted by Crippen LogP contribution is 2.81. The maximum absolute atomic E-state index is 14.6. The number of benzene rings is 1. The smallest absolute Gasteiger partial charge is 0.331 e. The molecule has 350 valence electrons. The fourth-order valence-corrected chi connectivity index (χ4v) is 18.4. The first-order valence-electron chi connectivity index (χ1n) is 25.6. The van der Waals surface area contributed by atoms with Gasteiger partial charge >= 0.3 is 5.97 Å². The van der Waals surface area contributed by atoms with Gasteiger partial charge in [-0.3, -0.25) is 5.32 Å². The fourth-order valence-electron chi connectivity index (χ4n) is 18.4. The van der Waals surface area contributed by atoms with Crippen molar-refractivity contribution in [2.45, 2.75) is 177 Å². The third-order valence-corrected chi connectivity index (χ3v) is 21.1. The molecule has 17 unspecified atom stereocenters. The van der Waals surface area contributed by atoms with Crippen LogP contribution in [0.1, 0.15) is 147 Å². The van der Waals surface area contributed by atoms with Gasteiger partial charge in [0.15, 0.2) is 0 Å². The lowest BCUT2D eigenvalue weighted by Gasteiger charge is -2.73. The number of carbonyl (C=O) groups is 2. The molecule has 8 aliphatic carbocycles. The first-order chi connectivity index (χ1) is 30.8. The number of esters is 1. The highest BCUT2D eigenvalue weighted by atomic mass is 16.5. The molecule has 7 fully saturated rings. The largest absolute Gasteiger partial charge is 0.454 e. The van der Waals surface area contributed by atoms with Crippen molar-refractivity contribution in [3.63, 3.8) is 0 Å². The molecule has 10 nitrogen and oxygen atoms in total. The zero-order chi connectivity index (χ0) is 44.9. The lowest BCUT2D eigenvalue weighted by atomic mass is 9.34. The van der Waals surface area contributed by atoms with E-state index in [1.807, 2.05) is 18.2 Å². The molecule has 1 heterocycles. The van der Waals surface area contributed by atoms with E-state index in [4.69, 9.17) is 4.74 Å². The van der Waals surface area contributed by atoms with Gasteiger partial charge in [-0.25, -0.2) is 4.79 Å². The van der Waals surface area contributed by atoms with Crippen LogP contribution in [0.5, 0.6) is 0 Å². The summed E-state index contributed by atoms with van der Waals surface area (Å²) in [7, 11) is 0. The molecule has 0 amide bonds. The van der Waals surface area contributed by atoms with E-state index in [9.17, 15) is 40.2 Å². The van der Waals surface area contributed by atoms with Gasteiger partial charge in [-0.1, -0.05) is 88.8 Å². The highest BCUT2D eigenvalue weighted by molar-refractivity contribution is 5.87. The average Bonchev–Trinajstić information content (AvgIpc) is 3.99. The number of aldehydes is 1. The first kappa shape index (κ1) is 45.2. The van der Waals surface area contributed by atoms with E-state index >= 15 is 0 Å². The van der Waals surface area contributed by atoms with Crippen LogP contribution in [0.25, 0.3) is 0 Å². The van der Waals surface area contributed by atoms with Gasteiger partial charge in [0.1, 0.15) is 18.0 Å². The van der Waals surface area contributed by atoms with E-state index in [-0.39, 0.29) is 62.3 Å². The molecule has 7 N–H and O–H groups in total. The molecule has 64 heavy (non-hydrogen) atoms. The van der Waals surface area contributed by atoms with Gasteiger partial charge in [-0.15, -0.1) is 0 Å². The van der Waals surface area contributed by atoms with E-state index in [0.29, 0.717) is 68.8 Å². The SMILES string of the molecule is CCCCCC1CC2(C=O)C3CCC45CCC#Cc6ccccc6CC(NCO)C6CC(CC4(O)C3(O)CC3CC(C(C)C4CCCC4)CCC(C1O)C32O)C5(CO)C1=CC(=O)OC16. The molecule has 1 aliphatic heterocycles. The maximum Gasteiger partial charge on any atom is 0.331 e. The lowest BCUT2D eigenvalue weighted by Crippen LogP contribution is -2.82. The van der Waals surface area contributed by atoms with Crippen LogP contribution in [-0.4, -0.2) is 91.3 Å². The van der Waals surface area contributed by atoms with Gasteiger partial charge in [0.25, 0.3) is 0 Å². The molecule has 1 aromatic rings. The number of ether oxygens (including phenoxy) is 1. The van der Waals surface area contributed by atoms with Crippen LogP contribution in [0, 0.1) is 81.3 Å². The normalized spacial score (nSPS) is 47.4. The number of hydrogen-bond donors (Lipinski definition) is 7. The lowest BCUT2D eigenvalue weighted by molar-refractivity contribution is -0.352. The molecular weight excluding hydrogens is 807 g/mol. The van der Waals surface area contributed by atoms with Gasteiger partial charge in [0, 0.05) is 52.7 Å². The van der Waals surface area contributed by atoms with Crippen molar-refractivity contribution in [3.8, 4) is 11.8 Å². The Morgan fingerprint density at radius 1 is 0.953 bits per heavy atom. The summed E-state index contributed by atoms with van der Waals surface area (Å²) in [6.07, 6.45) is 14.4. The van der Waals surface area contributed by atoms with Crippen molar-refractivity contribution in [3.05, 3.63) is 47.0 Å². The first-order valence-corrected chi connectivity index (χ1v) is 25.6. The van der Waals surface area contributed by atoms with Crippen LogP contribution in [-0.2, 0) is 20.7 Å². The van der Waals surface area contributed by atoms with Crippen molar-refractivity contribution in [1.29, 1.82) is 0 Å². The molecule has 9 aliphatic rings. The predicted octanol–water partition coefficient (Wildman–Crippen LogP) is 6.15. The minimum atomic E-state index is -1.86. The zero-order valence-electron chi connectivity index (χ0n) is 38.4. The Bertz CT molecular complexity index is 2060. The standard InChI is InChI=1S/C54H75NO9/c1-3-4-5-17-38-27-49(30-56)45-20-22-50-21-11-10-15-35-14-8-9-16-37(35)24-44(55-32-58)41-25-39(51(50,31-57)43-26-46(59)64-48(41)43)29-53(50,62)52(45,61)28-40-23-36(33(2)34-12-6-7-13-34)18-19-42(47(38)60)54(40,49)63/h8-9,14,16,26,30,33-34,36,38-42,44-45,47-48,55,57-58,60-63H,3-7,11-13,17-25,27-29,31-32H2,1-2H3. The van der Waals surface area contributed by atoms with Gasteiger partial charge in [0.05, 0.1) is 36.1 Å². The van der Waals surface area contributed by atoms with Gasteiger partial charge in [-0.2, -0.15) is 0 Å². The topological polar surface area (TPSA) is 177 Å². The second-order valence-corrected chi connectivity index (χ2v) is 22.9. The summed E-state index contributed by atoms with van der Waals surface area (Å²) in [4.78, 5) is 28.3. The van der Waals surface area contributed by atoms with Crippen molar-refractivity contribution in [1.82, 2.24) is 5.32 Å². The van der Waals surface area contributed by atoms with E-state index in [1.54, 1.807) is 6.08 Å². The van der Waals surface area contributed by atoms with Crippen LogP contribution in [0.15, 0.2) is 35.9 Å². The minimum Gasteiger partial charge on any atom is -0.454 e. The maximum atomic E-state index is 14.6. The third-order valence-electron chi connectivity index (χ3n) is 21.1. The molecule has 1 spiro atoms. The number of aliphatic hydroxyl groups is 6. The molecule has 10 heteroatoms. The molecule has 7 saturated carbocycles. The fraction of sp³-hybridized carbons (Fsp3) is 0.778. The van der Waals surface area contributed by atoms with Crippen LogP contribution in [0.4, 0.5) is 0 Å². The minimum absolute atomic E-state index is 0.0862. The summed E-state index contributed by atoms with van der Waals surface area (Å²) in [6, 6.07) is 7.65. The van der Waals surface area contributed by atoms with Gasteiger partial charge < -0.3 is 40.2 Å². The molecule has 0 saturated heterocycles. The van der Waals surface area contributed by atoms with Gasteiger partial charge in [0.2, 0.25) is 0 Å². The third kappa shape index (κ3) is 6.02. The second-order valence-electron chi connectivity index (χ2n) is 22.9. The van der Waals surface area contributed by atoms with Crippen LogP contribution >= 0.6 is 0 Å². The molecule has 17 atom stereocenters. The van der Waals surface area contributed by atoms with E-state index in [1.165, 1.54) is 25.7 Å². The van der Waals surface area contributed by atoms with Crippen molar-refractivity contribution in [2.24, 2.45) is 69.5 Å². The molecule has 0 radical (unpaired) electrons. The Balaban J connectivity index is 1.16. The Hall–Kier alpha value is -2.62. The Labute approximate surface area is 380 Å². The molecular formula is C54H75NO9. The number of rotatable bonds is 10. The highest BCUT2D eigenvalue weighted by Gasteiger charge is 2.86. The predicted molar refractivity (Wildman–Crippen MR) is 241 cm³/mol. The number of unbranched alkanes of at least 4 members (excludes halogenated alkanes) is 2. The number of aliphatic hydroxyl groups excluding tert-OH is 3. The van der Waals surface area contributed by atoms with Crippen molar-refractivity contribution >= 4 is 12.3 Å². The second kappa shape index (κ2) is 16.6. The zero-order valence-corrected chi connectivity index (χ0v) is 38.4. The summed E-state index contributed by atoms with van der Waals surface area (Å²) < 4.78 is 6.27. The summed E-state index contributed by atoms with van der Waals surface area (Å²) in [5.41, 5.74) is -6.48. The number of carbonyl (C=O) groups excluding carboxylic acids is 2. The Morgan fingerprint density at radius 3 is 2.50 bits per heavy atom. The average molecular weight is 882 g/mol. The number of hydrogen-bond acceptors (Lipinski definition) is 10. The summed E-state index contributed by atoms with van der Waals surface area (Å²) in [5.74, 6) is 4.75. The van der Waals surface area contributed by atoms with E-state index in [2.05, 4.69) is 37.1 Å². The number of nitrogens with one attached hydrogen (secondary N) is 1. The molecule has 1 aromatic carbocycles. The molecule has 4 bridgehead atoms. The summed E-state index contributed by atoms with van der Waals surface area (Å²) in [6.45, 7) is 3.86. The van der Waals surface area contributed by atoms with Crippen LogP contribution in [0.3, 0.4) is 0 Å². The summed E-state index contributed by atoms with van der Waals surface area (Å²) in [5, 5.41) is 81.4. The quantitative estimate of drug-likeness (QED) is 0.0475. The summed E-state index contributed by atoms with van der Waals surface area (Å²) >= 11 is 0. The monoisotopic (exact) mass is 882 g/mol. The Kier molecular flexibility index (Phi) is 11.7. The number of fused-ring (bicyclic) bond motifs is 7. The van der Waals surface area contributed by atoms with Crippen molar-refractivity contribution < 1.29 is 45.0 Å². The van der Waals surface area contributed by atoms with Crippen LogP contribution in [0.2, 0.25) is 0 Å². The molecule has 0 aromatic heterocycles.